The zero-order chi connectivity index (χ0) is 32.3. The highest BCUT2D eigenvalue weighted by molar-refractivity contribution is 7.91. The summed E-state index contributed by atoms with van der Waals surface area (Å²) < 4.78 is 46.2. The molecule has 6 rings (SSSR count). The van der Waals surface area contributed by atoms with E-state index in [4.69, 9.17) is 4.74 Å². The third kappa shape index (κ3) is 6.23. The summed E-state index contributed by atoms with van der Waals surface area (Å²) >= 11 is 0. The van der Waals surface area contributed by atoms with Gasteiger partial charge in [0.15, 0.2) is 0 Å². The molecule has 0 bridgehead atoms. The molecule has 0 aromatic heterocycles. The van der Waals surface area contributed by atoms with Crippen LogP contribution in [0.2, 0.25) is 0 Å². The summed E-state index contributed by atoms with van der Waals surface area (Å²) in [4.78, 5) is 17.5. The first-order valence-electron chi connectivity index (χ1n) is 16.2. The molecule has 3 unspecified atom stereocenters. The second-order valence-electron chi connectivity index (χ2n) is 12.9. The number of anilines is 1. The van der Waals surface area contributed by atoms with Gasteiger partial charge in [0.2, 0.25) is 9.84 Å². The van der Waals surface area contributed by atoms with Gasteiger partial charge in [-0.25, -0.2) is 17.6 Å². The topological polar surface area (TPSA) is 103 Å². The van der Waals surface area contributed by atoms with Gasteiger partial charge in [0.05, 0.1) is 21.3 Å². The lowest BCUT2D eigenvalue weighted by atomic mass is 9.59. The monoisotopic (exact) mass is 644 g/mol. The van der Waals surface area contributed by atoms with Gasteiger partial charge in [0, 0.05) is 44.2 Å². The fourth-order valence-corrected chi connectivity index (χ4v) is 9.21. The van der Waals surface area contributed by atoms with Gasteiger partial charge >= 0.3 is 6.09 Å². The summed E-state index contributed by atoms with van der Waals surface area (Å²) in [5.41, 5.74) is 0.751. The highest BCUT2D eigenvalue weighted by atomic mass is 32.2. The summed E-state index contributed by atoms with van der Waals surface area (Å²) in [6, 6.07) is 24.7. The Labute approximate surface area is 271 Å². The molecule has 3 aliphatic rings. The summed E-state index contributed by atoms with van der Waals surface area (Å²) in [5.74, 6) is -0.0628. The molecule has 1 amide bonds. The van der Waals surface area contributed by atoms with Crippen LogP contribution in [-0.4, -0.2) is 65.3 Å². The van der Waals surface area contributed by atoms with E-state index >= 15 is 0 Å². The van der Waals surface area contributed by atoms with Crippen molar-refractivity contribution in [1.82, 2.24) is 10.2 Å². The summed E-state index contributed by atoms with van der Waals surface area (Å²) in [6.07, 6.45) is 3.02. The summed E-state index contributed by atoms with van der Waals surface area (Å²) in [7, 11) is -2.01. The number of sulfone groups is 1. The standard InChI is InChI=1S/C36H41FN4O4S/c1-39-35(42)45-34-12-6-11-33(34)36(25-38,28-7-5-8-29(37)21-28)27-17-19-40(20-18-27)22-26-23-41(24-26)30-13-15-32(16-14-30)46(43,44)31-9-3-2-4-10-31/h2-5,7-10,13-16,21,26-27,33-34H,6,11-12,17-20,22-24H2,1H3,(H,39,42). The Morgan fingerprint density at radius 1 is 0.978 bits per heavy atom. The Kier molecular flexibility index (Phi) is 9.34. The molecule has 1 aliphatic carbocycles. The van der Waals surface area contributed by atoms with Crippen molar-refractivity contribution in [3.05, 3.63) is 90.2 Å². The van der Waals surface area contributed by atoms with E-state index < -0.39 is 27.4 Å². The predicted molar refractivity (Wildman–Crippen MR) is 174 cm³/mol. The van der Waals surface area contributed by atoms with E-state index in [1.54, 1.807) is 48.5 Å². The molecule has 2 aliphatic heterocycles. The average Bonchev–Trinajstić information content (AvgIpc) is 3.52. The Hall–Kier alpha value is -3.94. The molecule has 0 radical (unpaired) electrons. The molecule has 46 heavy (non-hydrogen) atoms. The number of benzene rings is 3. The predicted octanol–water partition coefficient (Wildman–Crippen LogP) is 5.79. The van der Waals surface area contributed by atoms with Crippen molar-refractivity contribution in [2.45, 2.75) is 53.4 Å². The maximum atomic E-state index is 14.6. The zero-order valence-electron chi connectivity index (χ0n) is 26.1. The van der Waals surface area contributed by atoms with Gasteiger partial charge in [-0.1, -0.05) is 30.3 Å². The van der Waals surface area contributed by atoms with Crippen molar-refractivity contribution in [1.29, 1.82) is 5.26 Å². The van der Waals surface area contributed by atoms with Gasteiger partial charge in [-0.05, 0) is 105 Å². The van der Waals surface area contributed by atoms with E-state index in [2.05, 4.69) is 21.2 Å². The van der Waals surface area contributed by atoms with Crippen LogP contribution in [0, 0.1) is 34.9 Å². The lowest BCUT2D eigenvalue weighted by Gasteiger charge is -2.47. The zero-order valence-corrected chi connectivity index (χ0v) is 27.0. The third-order valence-electron chi connectivity index (χ3n) is 10.3. The molecule has 3 atom stereocenters. The van der Waals surface area contributed by atoms with Crippen molar-refractivity contribution < 1.29 is 22.3 Å². The van der Waals surface area contributed by atoms with Crippen molar-refractivity contribution in [3.8, 4) is 6.07 Å². The van der Waals surface area contributed by atoms with Crippen LogP contribution in [0.3, 0.4) is 0 Å². The minimum absolute atomic E-state index is 0.0120. The van der Waals surface area contributed by atoms with Gasteiger partial charge in [-0.15, -0.1) is 0 Å². The van der Waals surface area contributed by atoms with Gasteiger partial charge in [0.25, 0.3) is 0 Å². The molecule has 3 fully saturated rings. The van der Waals surface area contributed by atoms with Gasteiger partial charge < -0.3 is 19.9 Å². The Balaban J connectivity index is 1.08. The molecule has 2 heterocycles. The summed E-state index contributed by atoms with van der Waals surface area (Å²) in [6.45, 7) is 4.45. The number of piperidine rings is 1. The van der Waals surface area contributed by atoms with E-state index in [0.717, 1.165) is 64.1 Å². The van der Waals surface area contributed by atoms with Crippen LogP contribution < -0.4 is 10.2 Å². The Morgan fingerprint density at radius 3 is 2.33 bits per heavy atom. The second kappa shape index (κ2) is 13.4. The van der Waals surface area contributed by atoms with Crippen LogP contribution in [-0.2, 0) is 20.0 Å². The fourth-order valence-electron chi connectivity index (χ4n) is 7.93. The number of halogens is 1. The number of rotatable bonds is 9. The van der Waals surface area contributed by atoms with E-state index in [-0.39, 0.29) is 22.5 Å². The molecule has 3 aromatic rings. The molecule has 242 valence electrons. The fraction of sp³-hybridized carbons (Fsp3) is 0.444. The lowest BCUT2D eigenvalue weighted by Crippen LogP contribution is -2.54. The first-order valence-corrected chi connectivity index (χ1v) is 17.7. The van der Waals surface area contributed by atoms with Crippen LogP contribution in [0.25, 0.3) is 0 Å². The van der Waals surface area contributed by atoms with Crippen molar-refractivity contribution in [3.63, 3.8) is 0 Å². The number of carbonyl (C=O) groups is 1. The average molecular weight is 645 g/mol. The number of likely N-dealkylation sites (tertiary alicyclic amines) is 1. The number of hydrogen-bond donors (Lipinski definition) is 1. The van der Waals surface area contributed by atoms with Crippen LogP contribution in [0.1, 0.15) is 37.7 Å². The summed E-state index contributed by atoms with van der Waals surface area (Å²) in [5, 5.41) is 13.4. The minimum Gasteiger partial charge on any atom is -0.446 e. The molecule has 2 saturated heterocycles. The number of amides is 1. The largest absolute Gasteiger partial charge is 0.446 e. The smallest absolute Gasteiger partial charge is 0.407 e. The number of ether oxygens (including phenoxy) is 1. The molecule has 8 nitrogen and oxygen atoms in total. The van der Waals surface area contributed by atoms with Crippen LogP contribution in [0.4, 0.5) is 14.9 Å². The number of nitrogens with one attached hydrogen (secondary N) is 1. The second-order valence-corrected chi connectivity index (χ2v) is 14.8. The van der Waals surface area contributed by atoms with Crippen molar-refractivity contribution in [2.24, 2.45) is 17.8 Å². The van der Waals surface area contributed by atoms with E-state index in [9.17, 15) is 22.9 Å². The lowest BCUT2D eigenvalue weighted by molar-refractivity contribution is 0.0306. The van der Waals surface area contributed by atoms with E-state index in [1.807, 2.05) is 18.2 Å². The molecular weight excluding hydrogens is 603 g/mol. The maximum Gasteiger partial charge on any atom is 0.407 e. The number of alkyl carbamates (subject to hydrolysis) is 1. The molecule has 3 aromatic carbocycles. The van der Waals surface area contributed by atoms with Crippen molar-refractivity contribution >= 4 is 21.6 Å². The van der Waals surface area contributed by atoms with Gasteiger partial charge in [-0.2, -0.15) is 5.26 Å². The minimum atomic E-state index is -3.54. The number of nitriles is 1. The normalized spacial score (nSPS) is 22.4. The van der Waals surface area contributed by atoms with Crippen LogP contribution >= 0.6 is 0 Å². The van der Waals surface area contributed by atoms with Crippen molar-refractivity contribution in [2.75, 3.05) is 44.7 Å². The number of carbonyl (C=O) groups excluding carboxylic acids is 1. The van der Waals surface area contributed by atoms with E-state index in [1.165, 1.54) is 19.2 Å². The SMILES string of the molecule is CNC(=O)OC1CCCC1C(C#N)(c1cccc(F)c1)C1CCN(CC2CN(c3ccc(S(=O)(=O)c4ccccc4)cc3)C2)CC1. The van der Waals surface area contributed by atoms with Gasteiger partial charge in [0.1, 0.15) is 11.9 Å². The third-order valence-corrected chi connectivity index (χ3v) is 12.0. The Bertz CT molecular complexity index is 1670. The molecular formula is C36H41FN4O4S. The van der Waals surface area contributed by atoms with Crippen LogP contribution in [0.15, 0.2) is 88.7 Å². The number of nitrogens with zero attached hydrogens (tertiary/aromatic N) is 3. The molecule has 1 saturated carbocycles. The maximum absolute atomic E-state index is 14.6. The first kappa shape index (κ1) is 32.0. The first-order chi connectivity index (χ1) is 22.2. The van der Waals surface area contributed by atoms with Crippen LogP contribution in [0.5, 0.6) is 0 Å². The quantitative estimate of drug-likeness (QED) is 0.315. The number of hydrogen-bond acceptors (Lipinski definition) is 7. The van der Waals surface area contributed by atoms with E-state index in [0.29, 0.717) is 22.8 Å². The molecule has 1 N–H and O–H groups in total. The highest BCUT2D eigenvalue weighted by Crippen LogP contribution is 2.51. The highest BCUT2D eigenvalue weighted by Gasteiger charge is 2.53. The Morgan fingerprint density at radius 2 is 1.67 bits per heavy atom. The molecule has 0 spiro atoms. The molecule has 10 heteroatoms. The van der Waals surface area contributed by atoms with Gasteiger partial charge in [-0.3, -0.25) is 0 Å².